The first-order valence-electron chi connectivity index (χ1n) is 3.96. The van der Waals surface area contributed by atoms with Crippen molar-refractivity contribution in [1.82, 2.24) is 0 Å². The van der Waals surface area contributed by atoms with Gasteiger partial charge in [0.25, 0.3) is 0 Å². The largest absolute Gasteiger partial charge is 0.493 e. The van der Waals surface area contributed by atoms with Crippen molar-refractivity contribution in [3.8, 4) is 11.5 Å². The molecule has 0 aliphatic heterocycles. The van der Waals surface area contributed by atoms with Crippen LogP contribution in [-0.2, 0) is 6.54 Å². The molecule has 74 valence electrons. The third-order valence-corrected chi connectivity index (χ3v) is 1.99. The average Bonchev–Trinajstić information content (AvgIpc) is 2.17. The van der Waals surface area contributed by atoms with Gasteiger partial charge in [-0.25, -0.2) is 6.57 Å². The van der Waals surface area contributed by atoms with Crippen molar-refractivity contribution in [1.29, 1.82) is 0 Å². The molecule has 0 saturated heterocycles. The molecule has 14 heavy (non-hydrogen) atoms. The van der Waals surface area contributed by atoms with Crippen molar-refractivity contribution < 1.29 is 9.47 Å². The Labute approximate surface area is 88.0 Å². The predicted molar refractivity (Wildman–Crippen MR) is 54.9 cm³/mol. The Morgan fingerprint density at radius 3 is 2.57 bits per heavy atom. The third kappa shape index (κ3) is 2.09. The number of ether oxygens (including phenoxy) is 2. The molecule has 0 amide bonds. The fourth-order valence-electron chi connectivity index (χ4n) is 1.21. The summed E-state index contributed by atoms with van der Waals surface area (Å²) in [5.74, 6) is 1.13. The van der Waals surface area contributed by atoms with Crippen molar-refractivity contribution >= 4 is 11.6 Å². The summed E-state index contributed by atoms with van der Waals surface area (Å²) in [6, 6.07) is 3.37. The van der Waals surface area contributed by atoms with Crippen LogP contribution < -0.4 is 9.47 Å². The Morgan fingerprint density at radius 1 is 1.36 bits per heavy atom. The first-order chi connectivity index (χ1) is 6.72. The number of nitrogens with zero attached hydrogens (tertiary/aromatic N) is 1. The highest BCUT2D eigenvalue weighted by atomic mass is 35.5. The third-order valence-electron chi connectivity index (χ3n) is 1.77. The summed E-state index contributed by atoms with van der Waals surface area (Å²) >= 11 is 5.86. The van der Waals surface area contributed by atoms with Crippen molar-refractivity contribution in [2.75, 3.05) is 14.2 Å². The van der Waals surface area contributed by atoms with Crippen LogP contribution in [0.2, 0.25) is 5.02 Å². The van der Waals surface area contributed by atoms with Gasteiger partial charge in [0.1, 0.15) is 0 Å². The van der Waals surface area contributed by atoms with E-state index in [1.165, 1.54) is 7.11 Å². The number of halogens is 1. The minimum absolute atomic E-state index is 0.236. The van der Waals surface area contributed by atoms with Gasteiger partial charge in [0, 0.05) is 11.1 Å². The molecular formula is C10H10ClNO2. The van der Waals surface area contributed by atoms with Gasteiger partial charge in [-0.15, -0.1) is 0 Å². The summed E-state index contributed by atoms with van der Waals surface area (Å²) in [6.45, 7) is 7.03. The van der Waals surface area contributed by atoms with Gasteiger partial charge in [0.15, 0.2) is 11.5 Å². The van der Waals surface area contributed by atoms with Gasteiger partial charge >= 0.3 is 0 Å². The number of methoxy groups -OCH3 is 2. The maximum absolute atomic E-state index is 6.80. The summed E-state index contributed by atoms with van der Waals surface area (Å²) in [7, 11) is 3.08. The highest BCUT2D eigenvalue weighted by molar-refractivity contribution is 6.30. The fourth-order valence-corrected chi connectivity index (χ4v) is 1.44. The number of benzene rings is 1. The Bertz CT molecular complexity index is 371. The molecule has 3 nitrogen and oxygen atoms in total. The molecule has 1 aromatic carbocycles. The lowest BCUT2D eigenvalue weighted by Crippen LogP contribution is -1.95. The minimum Gasteiger partial charge on any atom is -0.493 e. The van der Waals surface area contributed by atoms with Gasteiger partial charge in [-0.3, -0.25) is 0 Å². The number of rotatable bonds is 3. The van der Waals surface area contributed by atoms with Crippen molar-refractivity contribution in [3.63, 3.8) is 0 Å². The first-order valence-corrected chi connectivity index (χ1v) is 4.34. The maximum Gasteiger partial charge on any atom is 0.243 e. The molecule has 0 spiro atoms. The van der Waals surface area contributed by atoms with Crippen LogP contribution in [0.1, 0.15) is 5.56 Å². The molecule has 0 N–H and O–H groups in total. The Hall–Kier alpha value is -1.40. The zero-order valence-electron chi connectivity index (χ0n) is 8.00. The molecule has 0 radical (unpaired) electrons. The van der Waals surface area contributed by atoms with E-state index in [2.05, 4.69) is 4.85 Å². The minimum atomic E-state index is 0.236. The van der Waals surface area contributed by atoms with E-state index in [0.717, 1.165) is 5.56 Å². The SMILES string of the molecule is [C-]#[N+]Cc1cc(Cl)cc(OC)c1OC. The highest BCUT2D eigenvalue weighted by Crippen LogP contribution is 2.34. The van der Waals surface area contributed by atoms with Gasteiger partial charge < -0.3 is 14.3 Å². The molecule has 0 aliphatic carbocycles. The summed E-state index contributed by atoms with van der Waals surface area (Å²) < 4.78 is 10.2. The van der Waals surface area contributed by atoms with Crippen molar-refractivity contribution in [2.45, 2.75) is 6.54 Å². The Kier molecular flexibility index (Phi) is 3.61. The summed E-state index contributed by atoms with van der Waals surface area (Å²) in [5, 5.41) is 0.543. The smallest absolute Gasteiger partial charge is 0.243 e. The molecule has 0 unspecified atom stereocenters. The van der Waals surface area contributed by atoms with E-state index < -0.39 is 0 Å². The standard InChI is InChI=1S/C10H10ClNO2/c1-12-6-7-4-8(11)5-9(13-2)10(7)14-3/h4-5H,6H2,2-3H3. The van der Waals surface area contributed by atoms with Crippen LogP contribution in [0.3, 0.4) is 0 Å². The molecule has 1 aromatic rings. The van der Waals surface area contributed by atoms with Gasteiger partial charge in [-0.1, -0.05) is 11.6 Å². The molecule has 0 atom stereocenters. The van der Waals surface area contributed by atoms with Crippen LogP contribution in [-0.4, -0.2) is 14.2 Å². The molecule has 0 fully saturated rings. The van der Waals surface area contributed by atoms with E-state index in [9.17, 15) is 0 Å². The van der Waals surface area contributed by atoms with Gasteiger partial charge in [0.2, 0.25) is 6.54 Å². The van der Waals surface area contributed by atoms with Crippen LogP contribution in [0.4, 0.5) is 0 Å². The first kappa shape index (κ1) is 10.7. The van der Waals surface area contributed by atoms with E-state index in [1.54, 1.807) is 19.2 Å². The van der Waals surface area contributed by atoms with E-state index in [-0.39, 0.29) is 6.54 Å². The van der Waals surface area contributed by atoms with Crippen molar-refractivity contribution in [3.05, 3.63) is 34.1 Å². The maximum atomic E-state index is 6.80. The van der Waals surface area contributed by atoms with Crippen molar-refractivity contribution in [2.24, 2.45) is 0 Å². The molecule has 1 rings (SSSR count). The summed E-state index contributed by atoms with van der Waals surface area (Å²) in [5.41, 5.74) is 0.742. The zero-order chi connectivity index (χ0) is 10.6. The number of hydrogen-bond donors (Lipinski definition) is 0. The fraction of sp³-hybridized carbons (Fsp3) is 0.300. The summed E-state index contributed by atoms with van der Waals surface area (Å²) in [6.07, 6.45) is 0. The Balaban J connectivity index is 3.25. The zero-order valence-corrected chi connectivity index (χ0v) is 8.76. The molecule has 0 aromatic heterocycles. The molecule has 0 saturated carbocycles. The molecule has 0 heterocycles. The van der Waals surface area contributed by atoms with E-state index >= 15 is 0 Å². The molecule has 0 bridgehead atoms. The monoisotopic (exact) mass is 211 g/mol. The lowest BCUT2D eigenvalue weighted by molar-refractivity contribution is 0.352. The van der Waals surface area contributed by atoms with Crippen LogP contribution in [0.15, 0.2) is 12.1 Å². The molecule has 4 heteroatoms. The van der Waals surface area contributed by atoms with E-state index in [4.69, 9.17) is 27.6 Å². The lowest BCUT2D eigenvalue weighted by Gasteiger charge is -2.10. The predicted octanol–water partition coefficient (Wildman–Crippen LogP) is 2.78. The molecule has 0 aliphatic rings. The highest BCUT2D eigenvalue weighted by Gasteiger charge is 2.13. The van der Waals surface area contributed by atoms with E-state index in [0.29, 0.717) is 16.5 Å². The van der Waals surface area contributed by atoms with Crippen LogP contribution >= 0.6 is 11.6 Å². The average molecular weight is 212 g/mol. The van der Waals surface area contributed by atoms with Crippen LogP contribution in [0.25, 0.3) is 4.85 Å². The van der Waals surface area contributed by atoms with Crippen LogP contribution in [0, 0.1) is 6.57 Å². The second kappa shape index (κ2) is 4.73. The second-order valence-electron chi connectivity index (χ2n) is 2.62. The quantitative estimate of drug-likeness (QED) is 0.718. The van der Waals surface area contributed by atoms with Gasteiger partial charge in [-0.2, -0.15) is 0 Å². The summed E-state index contributed by atoms with van der Waals surface area (Å²) in [4.78, 5) is 3.29. The van der Waals surface area contributed by atoms with E-state index in [1.807, 2.05) is 0 Å². The number of hydrogen-bond acceptors (Lipinski definition) is 2. The Morgan fingerprint density at radius 2 is 2.07 bits per heavy atom. The van der Waals surface area contributed by atoms with Crippen LogP contribution in [0.5, 0.6) is 11.5 Å². The second-order valence-corrected chi connectivity index (χ2v) is 3.05. The normalized spacial score (nSPS) is 9.29. The van der Waals surface area contributed by atoms with Gasteiger partial charge in [0.05, 0.1) is 19.8 Å². The van der Waals surface area contributed by atoms with Gasteiger partial charge in [-0.05, 0) is 6.07 Å². The molecular weight excluding hydrogens is 202 g/mol. The topological polar surface area (TPSA) is 22.8 Å². The lowest BCUT2D eigenvalue weighted by atomic mass is 10.2.